The Hall–Kier alpha value is 0.690. The molecule has 1 aliphatic rings. The first-order valence-electron chi connectivity index (χ1n) is 3.97. The van der Waals surface area contributed by atoms with Crippen LogP contribution in [0.1, 0.15) is 26.7 Å². The number of likely N-dealkylation sites (tertiary alicyclic amines) is 1. The summed E-state index contributed by atoms with van der Waals surface area (Å²) in [4.78, 5) is 2.48. The van der Waals surface area contributed by atoms with Gasteiger partial charge in [0.05, 0.1) is 0 Å². The maximum absolute atomic E-state index is 2.57. The first-order chi connectivity index (χ1) is 4.61. The van der Waals surface area contributed by atoms with Gasteiger partial charge in [-0.25, -0.2) is 0 Å². The Morgan fingerprint density at radius 1 is 1.20 bits per heavy atom. The highest BCUT2D eigenvalue weighted by atomic mass is 127. The molecule has 0 aromatic carbocycles. The van der Waals surface area contributed by atoms with Crippen LogP contribution in [0, 0.1) is 0 Å². The van der Waals surface area contributed by atoms with E-state index >= 15 is 0 Å². The molecular formula is C8H16IN. The van der Waals surface area contributed by atoms with Crippen molar-refractivity contribution in [2.45, 2.75) is 42.7 Å². The van der Waals surface area contributed by atoms with Gasteiger partial charge in [0.25, 0.3) is 0 Å². The molecule has 1 nitrogen and oxygen atoms in total. The Kier molecular flexibility index (Phi) is 2.98. The summed E-state index contributed by atoms with van der Waals surface area (Å²) in [5, 5.41) is 0. The van der Waals surface area contributed by atoms with E-state index in [1.807, 2.05) is 0 Å². The van der Waals surface area contributed by atoms with Crippen molar-refractivity contribution in [3.05, 3.63) is 0 Å². The van der Waals surface area contributed by atoms with Crippen molar-refractivity contribution < 1.29 is 0 Å². The van der Waals surface area contributed by atoms with Gasteiger partial charge in [0.1, 0.15) is 0 Å². The van der Waals surface area contributed by atoms with Crippen molar-refractivity contribution in [1.29, 1.82) is 0 Å². The van der Waals surface area contributed by atoms with Crippen molar-refractivity contribution in [3.8, 4) is 0 Å². The SMILES string of the molecule is CC1CC(I)C[C@@H](C)N1C. The van der Waals surface area contributed by atoms with Gasteiger partial charge in [0.15, 0.2) is 0 Å². The van der Waals surface area contributed by atoms with Crippen LogP contribution in [-0.2, 0) is 0 Å². The third-order valence-electron chi connectivity index (χ3n) is 2.58. The van der Waals surface area contributed by atoms with E-state index in [4.69, 9.17) is 0 Å². The maximum atomic E-state index is 2.57. The topological polar surface area (TPSA) is 3.24 Å². The molecule has 60 valence electrons. The molecule has 1 rings (SSSR count). The Labute approximate surface area is 77.3 Å². The summed E-state index contributed by atoms with van der Waals surface area (Å²) in [7, 11) is 2.23. The van der Waals surface area contributed by atoms with Crippen LogP contribution in [0.4, 0.5) is 0 Å². The van der Waals surface area contributed by atoms with Crippen LogP contribution >= 0.6 is 22.6 Å². The lowest BCUT2D eigenvalue weighted by molar-refractivity contribution is 0.145. The van der Waals surface area contributed by atoms with E-state index in [0.717, 1.165) is 16.0 Å². The molecule has 2 heteroatoms. The maximum Gasteiger partial charge on any atom is 0.0139 e. The van der Waals surface area contributed by atoms with Gasteiger partial charge >= 0.3 is 0 Å². The van der Waals surface area contributed by atoms with Gasteiger partial charge in [0.2, 0.25) is 0 Å². The largest absolute Gasteiger partial charge is 0.301 e. The molecule has 0 radical (unpaired) electrons. The van der Waals surface area contributed by atoms with Crippen LogP contribution in [0.5, 0.6) is 0 Å². The molecule has 0 bridgehead atoms. The highest BCUT2D eigenvalue weighted by Gasteiger charge is 2.25. The number of piperidine rings is 1. The van der Waals surface area contributed by atoms with Gasteiger partial charge in [-0.15, -0.1) is 0 Å². The normalized spacial score (nSPS) is 43.8. The van der Waals surface area contributed by atoms with Gasteiger partial charge in [-0.3, -0.25) is 0 Å². The Morgan fingerprint density at radius 3 is 2.00 bits per heavy atom. The van der Waals surface area contributed by atoms with Gasteiger partial charge in [-0.1, -0.05) is 22.6 Å². The van der Waals surface area contributed by atoms with Crippen LogP contribution in [0.2, 0.25) is 0 Å². The lowest BCUT2D eigenvalue weighted by atomic mass is 9.99. The third kappa shape index (κ3) is 1.84. The van der Waals surface area contributed by atoms with Crippen LogP contribution < -0.4 is 0 Å². The van der Waals surface area contributed by atoms with Crippen molar-refractivity contribution >= 4 is 22.6 Å². The van der Waals surface area contributed by atoms with Crippen molar-refractivity contribution in [2.24, 2.45) is 0 Å². The van der Waals surface area contributed by atoms with E-state index in [1.54, 1.807) is 0 Å². The van der Waals surface area contributed by atoms with E-state index < -0.39 is 0 Å². The van der Waals surface area contributed by atoms with E-state index in [9.17, 15) is 0 Å². The first-order valence-corrected chi connectivity index (χ1v) is 5.22. The molecule has 0 N–H and O–H groups in total. The summed E-state index contributed by atoms with van der Waals surface area (Å²) in [5.74, 6) is 0. The van der Waals surface area contributed by atoms with Crippen molar-refractivity contribution in [1.82, 2.24) is 4.90 Å². The molecule has 10 heavy (non-hydrogen) atoms. The number of hydrogen-bond donors (Lipinski definition) is 0. The molecular weight excluding hydrogens is 237 g/mol. The fourth-order valence-electron chi connectivity index (χ4n) is 1.60. The summed E-state index contributed by atoms with van der Waals surface area (Å²) in [6, 6.07) is 1.57. The molecule has 0 spiro atoms. The molecule has 1 fully saturated rings. The minimum atomic E-state index is 0.783. The molecule has 1 heterocycles. The van der Waals surface area contributed by atoms with E-state index in [-0.39, 0.29) is 0 Å². The van der Waals surface area contributed by atoms with Crippen LogP contribution in [0.25, 0.3) is 0 Å². The second kappa shape index (κ2) is 3.39. The number of nitrogens with zero attached hydrogens (tertiary/aromatic N) is 1. The summed E-state index contributed by atoms with van der Waals surface area (Å²) in [5.41, 5.74) is 0. The average Bonchev–Trinajstić information content (AvgIpc) is 1.82. The number of alkyl halides is 1. The Balaban J connectivity index is 2.49. The monoisotopic (exact) mass is 253 g/mol. The predicted molar refractivity (Wildman–Crippen MR) is 53.7 cm³/mol. The van der Waals surface area contributed by atoms with E-state index in [2.05, 4.69) is 48.4 Å². The lowest BCUT2D eigenvalue weighted by Crippen LogP contribution is -2.44. The quantitative estimate of drug-likeness (QED) is 0.473. The fraction of sp³-hybridized carbons (Fsp3) is 1.00. The smallest absolute Gasteiger partial charge is 0.0139 e. The fourth-order valence-corrected chi connectivity index (χ4v) is 3.08. The minimum absolute atomic E-state index is 0.783. The third-order valence-corrected chi connectivity index (χ3v) is 3.60. The number of hydrogen-bond acceptors (Lipinski definition) is 1. The molecule has 1 saturated heterocycles. The molecule has 1 aliphatic heterocycles. The zero-order chi connectivity index (χ0) is 7.72. The molecule has 0 amide bonds. The van der Waals surface area contributed by atoms with Crippen LogP contribution in [0.3, 0.4) is 0 Å². The molecule has 0 aliphatic carbocycles. The molecule has 2 unspecified atom stereocenters. The van der Waals surface area contributed by atoms with Gasteiger partial charge in [0, 0.05) is 16.0 Å². The minimum Gasteiger partial charge on any atom is -0.301 e. The van der Waals surface area contributed by atoms with E-state index in [1.165, 1.54) is 12.8 Å². The van der Waals surface area contributed by atoms with Crippen molar-refractivity contribution in [3.63, 3.8) is 0 Å². The highest BCUT2D eigenvalue weighted by Crippen LogP contribution is 2.26. The number of halogens is 1. The summed E-state index contributed by atoms with van der Waals surface area (Å²) >= 11 is 2.57. The Bertz CT molecular complexity index is 104. The predicted octanol–water partition coefficient (Wildman–Crippen LogP) is 2.29. The molecule has 0 aromatic rings. The zero-order valence-electron chi connectivity index (χ0n) is 6.97. The molecule has 3 atom stereocenters. The molecule has 0 saturated carbocycles. The zero-order valence-corrected chi connectivity index (χ0v) is 9.13. The highest BCUT2D eigenvalue weighted by molar-refractivity contribution is 14.1. The standard InChI is InChI=1S/C8H16IN/c1-6-4-8(9)5-7(2)10(6)3/h6-8H,4-5H2,1-3H3/t6-,7?,8?/m1/s1. The van der Waals surface area contributed by atoms with E-state index in [0.29, 0.717) is 0 Å². The first kappa shape index (κ1) is 8.78. The lowest BCUT2D eigenvalue weighted by Gasteiger charge is -2.38. The van der Waals surface area contributed by atoms with Crippen LogP contribution in [-0.4, -0.2) is 28.0 Å². The van der Waals surface area contributed by atoms with Gasteiger partial charge < -0.3 is 4.90 Å². The second-order valence-corrected chi connectivity index (χ2v) is 5.19. The van der Waals surface area contributed by atoms with Crippen molar-refractivity contribution in [2.75, 3.05) is 7.05 Å². The van der Waals surface area contributed by atoms with Gasteiger partial charge in [-0.2, -0.15) is 0 Å². The summed E-state index contributed by atoms with van der Waals surface area (Å²) in [6.45, 7) is 4.64. The number of rotatable bonds is 0. The molecule has 0 aromatic heterocycles. The Morgan fingerprint density at radius 2 is 1.60 bits per heavy atom. The van der Waals surface area contributed by atoms with Crippen LogP contribution in [0.15, 0.2) is 0 Å². The van der Waals surface area contributed by atoms with Gasteiger partial charge in [-0.05, 0) is 33.7 Å². The average molecular weight is 253 g/mol. The summed E-state index contributed by atoms with van der Waals surface area (Å²) in [6.07, 6.45) is 2.72. The second-order valence-electron chi connectivity index (χ2n) is 3.43. The summed E-state index contributed by atoms with van der Waals surface area (Å²) < 4.78 is 0.902.